The lowest BCUT2D eigenvalue weighted by atomic mass is 10.1. The Bertz CT molecular complexity index is 1220. The van der Waals surface area contributed by atoms with Gasteiger partial charge in [0.25, 0.3) is 17.2 Å². The lowest BCUT2D eigenvalue weighted by molar-refractivity contribution is -0.384. The fourth-order valence-corrected chi connectivity index (χ4v) is 2.93. The Morgan fingerprint density at radius 2 is 1.97 bits per heavy atom. The fraction of sp³-hybridized carbons (Fsp3) is 0.158. The van der Waals surface area contributed by atoms with Crippen molar-refractivity contribution in [2.75, 3.05) is 0 Å². The molecule has 0 saturated carbocycles. The van der Waals surface area contributed by atoms with E-state index < -0.39 is 10.8 Å². The zero-order valence-electron chi connectivity index (χ0n) is 15.5. The van der Waals surface area contributed by atoms with Crippen molar-refractivity contribution in [2.24, 2.45) is 5.10 Å². The highest BCUT2D eigenvalue weighted by Gasteiger charge is 2.17. The summed E-state index contributed by atoms with van der Waals surface area (Å²) in [4.78, 5) is 35.5. The van der Waals surface area contributed by atoms with Crippen molar-refractivity contribution in [1.29, 1.82) is 0 Å². The van der Waals surface area contributed by atoms with Gasteiger partial charge in [0.05, 0.1) is 16.0 Å². The standard InChI is InChI=1S/C19H16ClN5O4/c1-3-24-19(27)14-7-5-4-6-13(14)17(23-24)18(26)22-21-11(2)12-8-9-15(20)16(10-12)25(28)29/h4-10H,3H2,1-2H3,(H,22,26)/b21-11+. The van der Waals surface area contributed by atoms with Crippen LogP contribution in [0.25, 0.3) is 10.8 Å². The van der Waals surface area contributed by atoms with Crippen molar-refractivity contribution in [1.82, 2.24) is 15.2 Å². The Labute approximate surface area is 169 Å². The molecule has 0 aliphatic rings. The number of carbonyl (C=O) groups excluding carboxylic acids is 1. The smallest absolute Gasteiger partial charge is 0.267 e. The molecular weight excluding hydrogens is 398 g/mol. The average molecular weight is 414 g/mol. The van der Waals surface area contributed by atoms with Crippen LogP contribution in [0, 0.1) is 10.1 Å². The maximum atomic E-state index is 12.7. The van der Waals surface area contributed by atoms with Crippen LogP contribution in [0.3, 0.4) is 0 Å². The van der Waals surface area contributed by atoms with E-state index in [1.165, 1.54) is 16.8 Å². The molecule has 3 rings (SSSR count). The van der Waals surface area contributed by atoms with Gasteiger partial charge in [-0.3, -0.25) is 19.7 Å². The first-order valence-corrected chi connectivity index (χ1v) is 9.00. The maximum Gasteiger partial charge on any atom is 0.292 e. The number of fused-ring (bicyclic) bond motifs is 1. The van der Waals surface area contributed by atoms with Crippen molar-refractivity contribution in [3.05, 3.63) is 79.2 Å². The average Bonchev–Trinajstić information content (AvgIpc) is 2.72. The number of amides is 1. The second-order valence-electron chi connectivity index (χ2n) is 6.08. The van der Waals surface area contributed by atoms with E-state index in [1.807, 2.05) is 0 Å². The van der Waals surface area contributed by atoms with Gasteiger partial charge in [0, 0.05) is 23.6 Å². The lowest BCUT2D eigenvalue weighted by Crippen LogP contribution is -2.28. The molecule has 148 valence electrons. The molecule has 0 atom stereocenters. The third-order valence-corrected chi connectivity index (χ3v) is 4.59. The molecule has 0 aliphatic heterocycles. The lowest BCUT2D eigenvalue weighted by Gasteiger charge is -2.09. The summed E-state index contributed by atoms with van der Waals surface area (Å²) in [7, 11) is 0. The number of nitrogens with zero attached hydrogens (tertiary/aromatic N) is 4. The van der Waals surface area contributed by atoms with Crippen molar-refractivity contribution in [3.8, 4) is 0 Å². The van der Waals surface area contributed by atoms with Gasteiger partial charge in [-0.2, -0.15) is 10.2 Å². The number of hydrazone groups is 1. The van der Waals surface area contributed by atoms with E-state index in [-0.39, 0.29) is 22.0 Å². The van der Waals surface area contributed by atoms with Crippen LogP contribution in [0.4, 0.5) is 5.69 Å². The SMILES string of the molecule is CCn1nc(C(=O)N/N=C(\C)c2ccc(Cl)c([N+](=O)[O-])c2)c2ccccc2c1=O. The summed E-state index contributed by atoms with van der Waals surface area (Å²) >= 11 is 5.81. The topological polar surface area (TPSA) is 119 Å². The number of halogens is 1. The number of benzene rings is 2. The predicted octanol–water partition coefficient (Wildman–Crippen LogP) is 3.13. The fourth-order valence-electron chi connectivity index (χ4n) is 2.75. The van der Waals surface area contributed by atoms with Crippen LogP contribution >= 0.6 is 11.6 Å². The van der Waals surface area contributed by atoms with Gasteiger partial charge in [-0.05, 0) is 26.0 Å². The largest absolute Gasteiger partial charge is 0.292 e. The number of nitrogens with one attached hydrogen (secondary N) is 1. The number of carbonyl (C=O) groups is 1. The molecule has 0 saturated heterocycles. The first-order valence-electron chi connectivity index (χ1n) is 8.62. The molecule has 0 radical (unpaired) electrons. The number of hydrogen-bond acceptors (Lipinski definition) is 6. The molecule has 1 N–H and O–H groups in total. The Balaban J connectivity index is 1.95. The summed E-state index contributed by atoms with van der Waals surface area (Å²) in [6.45, 7) is 3.65. The van der Waals surface area contributed by atoms with Crippen LogP contribution in [-0.4, -0.2) is 26.3 Å². The monoisotopic (exact) mass is 413 g/mol. The van der Waals surface area contributed by atoms with Crippen molar-refractivity contribution < 1.29 is 9.72 Å². The molecule has 0 bridgehead atoms. The zero-order valence-corrected chi connectivity index (χ0v) is 16.3. The van der Waals surface area contributed by atoms with E-state index in [1.54, 1.807) is 44.2 Å². The first-order chi connectivity index (χ1) is 13.8. The van der Waals surface area contributed by atoms with Gasteiger partial charge in [-0.25, -0.2) is 10.1 Å². The summed E-state index contributed by atoms with van der Waals surface area (Å²) in [5, 5.41) is 20.0. The minimum atomic E-state index is -0.605. The third kappa shape index (κ3) is 3.99. The maximum absolute atomic E-state index is 12.7. The number of hydrogen-bond donors (Lipinski definition) is 1. The van der Waals surface area contributed by atoms with Gasteiger partial charge in [-0.1, -0.05) is 35.9 Å². The van der Waals surface area contributed by atoms with Crippen LogP contribution in [0.15, 0.2) is 52.4 Å². The van der Waals surface area contributed by atoms with E-state index in [0.29, 0.717) is 28.6 Å². The summed E-state index contributed by atoms with van der Waals surface area (Å²) < 4.78 is 1.20. The van der Waals surface area contributed by atoms with Gasteiger partial charge in [0.2, 0.25) is 0 Å². The first kappa shape index (κ1) is 20.2. The number of aryl methyl sites for hydroxylation is 1. The highest BCUT2D eigenvalue weighted by atomic mass is 35.5. The Morgan fingerprint density at radius 1 is 1.28 bits per heavy atom. The van der Waals surface area contributed by atoms with E-state index in [2.05, 4.69) is 15.6 Å². The highest BCUT2D eigenvalue weighted by Crippen LogP contribution is 2.25. The van der Waals surface area contributed by atoms with Crippen LogP contribution in [0.1, 0.15) is 29.9 Å². The highest BCUT2D eigenvalue weighted by molar-refractivity contribution is 6.32. The minimum Gasteiger partial charge on any atom is -0.267 e. The second-order valence-corrected chi connectivity index (χ2v) is 6.48. The molecule has 1 amide bonds. The van der Waals surface area contributed by atoms with Crippen molar-refractivity contribution in [2.45, 2.75) is 20.4 Å². The molecule has 2 aromatic carbocycles. The number of rotatable bonds is 5. The minimum absolute atomic E-state index is 0.00748. The molecule has 9 nitrogen and oxygen atoms in total. The Kier molecular flexibility index (Phi) is 5.69. The Morgan fingerprint density at radius 3 is 2.62 bits per heavy atom. The number of aromatic nitrogens is 2. The normalized spacial score (nSPS) is 11.5. The van der Waals surface area contributed by atoms with Crippen LogP contribution < -0.4 is 11.0 Å². The van der Waals surface area contributed by atoms with Crippen molar-refractivity contribution in [3.63, 3.8) is 0 Å². The van der Waals surface area contributed by atoms with Gasteiger partial charge >= 0.3 is 0 Å². The van der Waals surface area contributed by atoms with Gasteiger partial charge in [-0.15, -0.1) is 0 Å². The predicted molar refractivity (Wildman–Crippen MR) is 109 cm³/mol. The summed E-state index contributed by atoms with van der Waals surface area (Å²) in [6.07, 6.45) is 0. The van der Waals surface area contributed by atoms with Crippen LogP contribution in [0.5, 0.6) is 0 Å². The summed E-state index contributed by atoms with van der Waals surface area (Å²) in [5.74, 6) is -0.605. The van der Waals surface area contributed by atoms with Crippen LogP contribution in [0.2, 0.25) is 5.02 Å². The number of nitro benzene ring substituents is 1. The van der Waals surface area contributed by atoms with E-state index in [0.717, 1.165) is 0 Å². The molecule has 3 aromatic rings. The second kappa shape index (κ2) is 8.19. The molecule has 29 heavy (non-hydrogen) atoms. The van der Waals surface area contributed by atoms with Gasteiger partial charge in [0.15, 0.2) is 5.69 Å². The molecule has 0 fully saturated rings. The molecule has 0 aliphatic carbocycles. The van der Waals surface area contributed by atoms with Gasteiger partial charge < -0.3 is 0 Å². The summed E-state index contributed by atoms with van der Waals surface area (Å²) in [6, 6.07) is 10.9. The quantitative estimate of drug-likeness (QED) is 0.391. The summed E-state index contributed by atoms with van der Waals surface area (Å²) in [5.41, 5.74) is 2.67. The van der Waals surface area contributed by atoms with Crippen molar-refractivity contribution >= 4 is 39.7 Å². The molecule has 1 aromatic heterocycles. The third-order valence-electron chi connectivity index (χ3n) is 4.27. The molecular formula is C19H16ClN5O4. The van der Waals surface area contributed by atoms with Crippen LogP contribution in [-0.2, 0) is 6.54 Å². The van der Waals surface area contributed by atoms with E-state index >= 15 is 0 Å². The van der Waals surface area contributed by atoms with E-state index in [9.17, 15) is 19.7 Å². The molecule has 1 heterocycles. The zero-order chi connectivity index (χ0) is 21.1. The number of nitro groups is 1. The molecule has 10 heteroatoms. The molecule has 0 unspecified atom stereocenters. The Hall–Kier alpha value is -3.59. The van der Waals surface area contributed by atoms with E-state index in [4.69, 9.17) is 11.6 Å². The molecule has 0 spiro atoms. The van der Waals surface area contributed by atoms with Gasteiger partial charge in [0.1, 0.15) is 5.02 Å².